The van der Waals surface area contributed by atoms with Crippen LogP contribution in [0, 0.1) is 0 Å². The lowest BCUT2D eigenvalue weighted by Crippen LogP contribution is -2.23. The Labute approximate surface area is 187 Å². The minimum Gasteiger partial charge on any atom is -0.376 e. The van der Waals surface area contributed by atoms with E-state index in [1.165, 1.54) is 38.0 Å². The molecule has 5 rings (SSSR count). The van der Waals surface area contributed by atoms with E-state index < -0.39 is 0 Å². The maximum Gasteiger partial charge on any atom is 0.0763 e. The summed E-state index contributed by atoms with van der Waals surface area (Å²) in [5.74, 6) is 2.05. The van der Waals surface area contributed by atoms with E-state index in [2.05, 4.69) is 90.7 Å². The van der Waals surface area contributed by atoms with Gasteiger partial charge in [0, 0.05) is 44.7 Å². The number of rotatable bonds is 4. The van der Waals surface area contributed by atoms with Crippen LogP contribution in [-0.2, 0) is 4.74 Å². The molecule has 2 aliphatic rings. The number of para-hydroxylation sites is 3. The Kier molecular flexibility index (Phi) is 5.89. The van der Waals surface area contributed by atoms with Crippen molar-refractivity contribution in [1.82, 2.24) is 0 Å². The quantitative estimate of drug-likeness (QED) is 0.332. The van der Waals surface area contributed by atoms with Crippen molar-refractivity contribution in [3.8, 4) is 0 Å². The van der Waals surface area contributed by atoms with E-state index in [0.717, 1.165) is 24.5 Å². The molecule has 0 spiro atoms. The number of benzene rings is 3. The van der Waals surface area contributed by atoms with E-state index in [0.29, 0.717) is 6.10 Å². The Morgan fingerprint density at radius 3 is 1.97 bits per heavy atom. The third-order valence-electron chi connectivity index (χ3n) is 5.41. The lowest BCUT2D eigenvalue weighted by atomic mass is 9.91. The van der Waals surface area contributed by atoms with Gasteiger partial charge in [0.1, 0.15) is 0 Å². The van der Waals surface area contributed by atoms with Crippen molar-refractivity contribution in [2.24, 2.45) is 0 Å². The SMILES string of the molecule is CCCOC1CSC(=C2c3ccccc3N(c3ccccc3)c3ccccc32)SC1. The van der Waals surface area contributed by atoms with Gasteiger partial charge in [0.2, 0.25) is 0 Å². The summed E-state index contributed by atoms with van der Waals surface area (Å²) in [5.41, 5.74) is 7.67. The van der Waals surface area contributed by atoms with Crippen LogP contribution in [0.2, 0.25) is 0 Å². The van der Waals surface area contributed by atoms with Gasteiger partial charge >= 0.3 is 0 Å². The second kappa shape index (κ2) is 8.93. The lowest BCUT2D eigenvalue weighted by Gasteiger charge is -2.36. The van der Waals surface area contributed by atoms with Crippen molar-refractivity contribution in [2.75, 3.05) is 23.0 Å². The number of fused-ring (bicyclic) bond motifs is 2. The highest BCUT2D eigenvalue weighted by Gasteiger charge is 2.31. The summed E-state index contributed by atoms with van der Waals surface area (Å²) >= 11 is 3.90. The average molecular weight is 432 g/mol. The molecular weight excluding hydrogens is 406 g/mol. The van der Waals surface area contributed by atoms with E-state index in [4.69, 9.17) is 4.74 Å². The van der Waals surface area contributed by atoms with E-state index >= 15 is 0 Å². The molecular formula is C26H25NOS2. The summed E-state index contributed by atoms with van der Waals surface area (Å²) < 4.78 is 7.42. The fourth-order valence-electron chi connectivity index (χ4n) is 4.06. The molecule has 2 nitrogen and oxygen atoms in total. The summed E-state index contributed by atoms with van der Waals surface area (Å²) in [6.07, 6.45) is 1.43. The zero-order chi connectivity index (χ0) is 20.3. The summed E-state index contributed by atoms with van der Waals surface area (Å²) in [7, 11) is 0. The second-order valence-corrected chi connectivity index (χ2v) is 9.80. The fourth-order valence-corrected chi connectivity index (χ4v) is 6.78. The largest absolute Gasteiger partial charge is 0.376 e. The van der Waals surface area contributed by atoms with Crippen molar-refractivity contribution in [3.05, 3.63) is 94.2 Å². The van der Waals surface area contributed by atoms with E-state index in [-0.39, 0.29) is 0 Å². The smallest absolute Gasteiger partial charge is 0.0763 e. The summed E-state index contributed by atoms with van der Waals surface area (Å²) in [5, 5.41) is 0. The van der Waals surface area contributed by atoms with Crippen molar-refractivity contribution >= 4 is 46.2 Å². The molecule has 2 aliphatic heterocycles. The van der Waals surface area contributed by atoms with Crippen molar-refractivity contribution in [2.45, 2.75) is 19.4 Å². The van der Waals surface area contributed by atoms with Crippen LogP contribution in [0.5, 0.6) is 0 Å². The van der Waals surface area contributed by atoms with Crippen LogP contribution in [0.25, 0.3) is 5.57 Å². The predicted octanol–water partition coefficient (Wildman–Crippen LogP) is 7.46. The van der Waals surface area contributed by atoms with Crippen LogP contribution in [0.3, 0.4) is 0 Å². The molecule has 1 saturated heterocycles. The number of hydrogen-bond acceptors (Lipinski definition) is 4. The minimum absolute atomic E-state index is 0.346. The lowest BCUT2D eigenvalue weighted by molar-refractivity contribution is 0.0855. The normalized spacial score (nSPS) is 18.2. The fraction of sp³-hybridized carbons (Fsp3) is 0.231. The van der Waals surface area contributed by atoms with Crippen LogP contribution in [0.4, 0.5) is 17.1 Å². The molecule has 0 N–H and O–H groups in total. The van der Waals surface area contributed by atoms with Crippen molar-refractivity contribution < 1.29 is 4.74 Å². The molecule has 0 atom stereocenters. The van der Waals surface area contributed by atoms with Crippen LogP contribution < -0.4 is 4.90 Å². The number of anilines is 3. The third-order valence-corrected chi connectivity index (χ3v) is 8.12. The molecule has 0 bridgehead atoms. The molecule has 30 heavy (non-hydrogen) atoms. The Bertz CT molecular complexity index is 1000. The van der Waals surface area contributed by atoms with Gasteiger partial charge in [-0.05, 0) is 30.7 Å². The molecule has 0 aliphatic carbocycles. The van der Waals surface area contributed by atoms with Crippen LogP contribution in [0.15, 0.2) is 83.1 Å². The maximum absolute atomic E-state index is 6.01. The zero-order valence-electron chi connectivity index (χ0n) is 17.1. The first-order valence-electron chi connectivity index (χ1n) is 10.5. The predicted molar refractivity (Wildman–Crippen MR) is 132 cm³/mol. The number of thioether (sulfide) groups is 2. The van der Waals surface area contributed by atoms with Gasteiger partial charge in [-0.3, -0.25) is 0 Å². The first-order chi connectivity index (χ1) is 14.9. The van der Waals surface area contributed by atoms with Gasteiger partial charge in [-0.25, -0.2) is 0 Å². The third kappa shape index (κ3) is 3.68. The molecule has 0 aromatic heterocycles. The van der Waals surface area contributed by atoms with Crippen molar-refractivity contribution in [1.29, 1.82) is 0 Å². The average Bonchev–Trinajstić information content (AvgIpc) is 2.82. The van der Waals surface area contributed by atoms with Gasteiger partial charge in [-0.2, -0.15) is 0 Å². The van der Waals surface area contributed by atoms with Crippen LogP contribution in [-0.4, -0.2) is 24.2 Å². The molecule has 2 heterocycles. The second-order valence-electron chi connectivity index (χ2n) is 7.48. The summed E-state index contributed by atoms with van der Waals surface area (Å²) in [6, 6.07) is 28.3. The Morgan fingerprint density at radius 2 is 1.37 bits per heavy atom. The van der Waals surface area contributed by atoms with Gasteiger partial charge in [0.15, 0.2) is 0 Å². The minimum atomic E-state index is 0.346. The first kappa shape index (κ1) is 19.8. The van der Waals surface area contributed by atoms with E-state index in [1.807, 2.05) is 23.5 Å². The Hall–Kier alpha value is -2.14. The number of nitrogens with zero attached hydrogens (tertiary/aromatic N) is 1. The molecule has 3 aromatic carbocycles. The standard InChI is InChI=1S/C26H25NOS2/c1-2-16-28-20-17-29-26(30-18-20)25-21-12-6-8-14-23(21)27(19-10-4-3-5-11-19)24-15-9-7-13-22(24)25/h3-15,20H,2,16-18H2,1H3. The number of hydrogen-bond donors (Lipinski definition) is 0. The molecule has 0 unspecified atom stereocenters. The highest BCUT2D eigenvalue weighted by molar-refractivity contribution is 8.23. The van der Waals surface area contributed by atoms with E-state index in [1.54, 1.807) is 0 Å². The highest BCUT2D eigenvalue weighted by atomic mass is 32.2. The maximum atomic E-state index is 6.01. The molecule has 0 radical (unpaired) electrons. The Balaban J connectivity index is 1.61. The molecule has 1 fully saturated rings. The molecule has 3 aromatic rings. The molecule has 152 valence electrons. The topological polar surface area (TPSA) is 12.5 Å². The van der Waals surface area contributed by atoms with Crippen LogP contribution >= 0.6 is 23.5 Å². The summed E-state index contributed by atoms with van der Waals surface area (Å²) in [4.78, 5) is 2.39. The number of ether oxygens (including phenoxy) is 1. The summed E-state index contributed by atoms with van der Waals surface area (Å²) in [6.45, 7) is 3.03. The highest BCUT2D eigenvalue weighted by Crippen LogP contribution is 2.53. The molecule has 0 saturated carbocycles. The van der Waals surface area contributed by atoms with Gasteiger partial charge in [-0.15, -0.1) is 23.5 Å². The van der Waals surface area contributed by atoms with Gasteiger partial charge in [0.25, 0.3) is 0 Å². The molecule has 4 heteroatoms. The van der Waals surface area contributed by atoms with Crippen molar-refractivity contribution in [3.63, 3.8) is 0 Å². The first-order valence-corrected chi connectivity index (χ1v) is 12.5. The van der Waals surface area contributed by atoms with Gasteiger partial charge in [0.05, 0.1) is 17.5 Å². The monoisotopic (exact) mass is 431 g/mol. The van der Waals surface area contributed by atoms with Gasteiger partial charge in [-0.1, -0.05) is 61.5 Å². The molecule has 0 amide bonds. The van der Waals surface area contributed by atoms with Crippen LogP contribution in [0.1, 0.15) is 24.5 Å². The van der Waals surface area contributed by atoms with E-state index in [9.17, 15) is 0 Å². The zero-order valence-corrected chi connectivity index (χ0v) is 18.7. The van der Waals surface area contributed by atoms with Gasteiger partial charge < -0.3 is 9.64 Å². The Morgan fingerprint density at radius 1 is 0.800 bits per heavy atom.